The van der Waals surface area contributed by atoms with Gasteiger partial charge in [0.1, 0.15) is 12.4 Å². The smallest absolute Gasteiger partial charge is 0.257 e. The quantitative estimate of drug-likeness (QED) is 0.631. The number of nitrogens with two attached hydrogens (primary N) is 1. The van der Waals surface area contributed by atoms with Crippen LogP contribution >= 0.6 is 39.7 Å². The fourth-order valence-electron chi connectivity index (χ4n) is 2.10. The SMILES string of the molecule is CCOc1cc(C(=O)NC(N)=S)cc(Br)c1OCc1c(F)cccc1Cl. The van der Waals surface area contributed by atoms with Gasteiger partial charge in [-0.15, -0.1) is 0 Å². The predicted octanol–water partition coefficient (Wildman–Crippen LogP) is 4.19. The molecule has 2 rings (SSSR count). The molecule has 0 heterocycles. The third-order valence-corrected chi connectivity index (χ3v) is 4.28. The summed E-state index contributed by atoms with van der Waals surface area (Å²) in [6.07, 6.45) is 0. The molecule has 3 N–H and O–H groups in total. The van der Waals surface area contributed by atoms with Gasteiger partial charge in [0, 0.05) is 11.1 Å². The first-order valence-electron chi connectivity index (χ1n) is 7.46. The molecule has 0 bridgehead atoms. The lowest BCUT2D eigenvalue weighted by Crippen LogP contribution is -2.34. The molecule has 9 heteroatoms. The molecule has 26 heavy (non-hydrogen) atoms. The van der Waals surface area contributed by atoms with E-state index in [9.17, 15) is 9.18 Å². The van der Waals surface area contributed by atoms with Crippen molar-refractivity contribution in [2.45, 2.75) is 13.5 Å². The second kappa shape index (κ2) is 9.16. The number of halogens is 3. The molecule has 0 saturated heterocycles. The molecule has 0 unspecified atom stereocenters. The van der Waals surface area contributed by atoms with Crippen LogP contribution in [-0.4, -0.2) is 17.6 Å². The molecule has 0 saturated carbocycles. The van der Waals surface area contributed by atoms with Gasteiger partial charge in [-0.1, -0.05) is 17.7 Å². The highest BCUT2D eigenvalue weighted by Gasteiger charge is 2.18. The minimum atomic E-state index is -0.483. The summed E-state index contributed by atoms with van der Waals surface area (Å²) in [6.45, 7) is 2.01. The fraction of sp³-hybridized carbons (Fsp3) is 0.176. The number of benzene rings is 2. The fourth-order valence-corrected chi connectivity index (χ4v) is 2.97. The van der Waals surface area contributed by atoms with Gasteiger partial charge in [0.15, 0.2) is 16.6 Å². The lowest BCUT2D eigenvalue weighted by atomic mass is 10.2. The minimum absolute atomic E-state index is 0.109. The number of ether oxygens (including phenoxy) is 2. The number of hydrogen-bond donors (Lipinski definition) is 2. The normalized spacial score (nSPS) is 10.3. The minimum Gasteiger partial charge on any atom is -0.490 e. The number of carbonyl (C=O) groups is 1. The molecule has 0 aliphatic carbocycles. The maximum absolute atomic E-state index is 13.9. The summed E-state index contributed by atoms with van der Waals surface area (Å²) in [6, 6.07) is 7.39. The second-order valence-electron chi connectivity index (χ2n) is 5.03. The van der Waals surface area contributed by atoms with E-state index in [4.69, 9.17) is 26.8 Å². The average Bonchev–Trinajstić information content (AvgIpc) is 2.55. The molecule has 0 spiro atoms. The molecule has 5 nitrogen and oxygen atoms in total. The zero-order valence-electron chi connectivity index (χ0n) is 13.6. The Morgan fingerprint density at radius 2 is 2.12 bits per heavy atom. The molecule has 0 aliphatic rings. The molecule has 0 aromatic heterocycles. The highest BCUT2D eigenvalue weighted by Crippen LogP contribution is 2.38. The average molecular weight is 462 g/mol. The van der Waals surface area contributed by atoms with Gasteiger partial charge in [-0.3, -0.25) is 10.1 Å². The van der Waals surface area contributed by atoms with Crippen molar-refractivity contribution in [3.63, 3.8) is 0 Å². The Morgan fingerprint density at radius 3 is 2.73 bits per heavy atom. The Bertz CT molecular complexity index is 831. The van der Waals surface area contributed by atoms with Crippen LogP contribution in [0.1, 0.15) is 22.8 Å². The summed E-state index contributed by atoms with van der Waals surface area (Å²) < 4.78 is 25.6. The molecule has 138 valence electrons. The molecule has 1 amide bonds. The van der Waals surface area contributed by atoms with E-state index in [0.29, 0.717) is 22.6 Å². The zero-order chi connectivity index (χ0) is 19.3. The van der Waals surface area contributed by atoms with Gasteiger partial charge in [-0.05, 0) is 59.3 Å². The molecule has 0 aliphatic heterocycles. The van der Waals surface area contributed by atoms with E-state index >= 15 is 0 Å². The number of nitrogens with one attached hydrogen (secondary N) is 1. The first-order chi connectivity index (χ1) is 12.3. The van der Waals surface area contributed by atoms with E-state index < -0.39 is 11.7 Å². The van der Waals surface area contributed by atoms with Crippen molar-refractivity contribution in [1.82, 2.24) is 5.32 Å². The van der Waals surface area contributed by atoms with Crippen molar-refractivity contribution in [2.75, 3.05) is 6.61 Å². The molecule has 2 aromatic carbocycles. The lowest BCUT2D eigenvalue weighted by molar-refractivity contribution is 0.0977. The molecule has 0 atom stereocenters. The van der Waals surface area contributed by atoms with Crippen LogP contribution in [0.2, 0.25) is 5.02 Å². The Balaban J connectivity index is 2.32. The number of thiocarbonyl (C=S) groups is 1. The summed E-state index contributed by atoms with van der Waals surface area (Å²) in [4.78, 5) is 12.1. The highest BCUT2D eigenvalue weighted by atomic mass is 79.9. The van der Waals surface area contributed by atoms with Gasteiger partial charge in [-0.25, -0.2) is 4.39 Å². The summed E-state index contributed by atoms with van der Waals surface area (Å²) in [5.74, 6) is -0.331. The number of amides is 1. The van der Waals surface area contributed by atoms with Gasteiger partial charge in [-0.2, -0.15) is 0 Å². The Morgan fingerprint density at radius 1 is 1.38 bits per heavy atom. The summed E-state index contributed by atoms with van der Waals surface area (Å²) in [5, 5.41) is 2.45. The largest absolute Gasteiger partial charge is 0.490 e. The van der Waals surface area contributed by atoms with Gasteiger partial charge in [0.05, 0.1) is 16.1 Å². The first kappa shape index (κ1) is 20.4. The second-order valence-corrected chi connectivity index (χ2v) is 6.73. The van der Waals surface area contributed by atoms with E-state index in [2.05, 4.69) is 33.5 Å². The van der Waals surface area contributed by atoms with Crippen LogP contribution in [0.25, 0.3) is 0 Å². The van der Waals surface area contributed by atoms with E-state index in [1.807, 2.05) is 0 Å². The highest BCUT2D eigenvalue weighted by molar-refractivity contribution is 9.10. The number of carbonyl (C=O) groups excluding carboxylic acids is 1. The predicted molar refractivity (Wildman–Crippen MR) is 105 cm³/mol. The van der Waals surface area contributed by atoms with Crippen molar-refractivity contribution in [3.8, 4) is 11.5 Å². The first-order valence-corrected chi connectivity index (χ1v) is 9.04. The van der Waals surface area contributed by atoms with Crippen molar-refractivity contribution < 1.29 is 18.7 Å². The molecule has 0 fully saturated rings. The van der Waals surface area contributed by atoms with Gasteiger partial charge < -0.3 is 15.2 Å². The Hall–Kier alpha value is -1.90. The third-order valence-electron chi connectivity index (χ3n) is 3.23. The molecular formula is C17H15BrClFN2O3S. The van der Waals surface area contributed by atoms with Crippen molar-refractivity contribution in [2.24, 2.45) is 5.73 Å². The van der Waals surface area contributed by atoms with Crippen LogP contribution in [0.15, 0.2) is 34.8 Å². The van der Waals surface area contributed by atoms with Crippen LogP contribution in [0.3, 0.4) is 0 Å². The Labute approximate surface area is 168 Å². The zero-order valence-corrected chi connectivity index (χ0v) is 16.8. The van der Waals surface area contributed by atoms with Crippen LogP contribution < -0.4 is 20.5 Å². The lowest BCUT2D eigenvalue weighted by Gasteiger charge is -2.16. The standard InChI is InChI=1S/C17H15BrClFN2O3S/c1-2-24-14-7-9(16(23)22-17(21)26)6-11(18)15(14)25-8-10-12(19)4-3-5-13(10)20/h3-7H,2,8H2,1H3,(H3,21,22,23,26). The van der Waals surface area contributed by atoms with Crippen molar-refractivity contribution in [3.05, 3.63) is 56.8 Å². The summed E-state index contributed by atoms with van der Waals surface area (Å²) in [5.41, 5.74) is 5.81. The maximum atomic E-state index is 13.9. The third kappa shape index (κ3) is 5.06. The van der Waals surface area contributed by atoms with E-state index in [1.54, 1.807) is 13.0 Å². The topological polar surface area (TPSA) is 73.6 Å². The van der Waals surface area contributed by atoms with E-state index in [-0.39, 0.29) is 27.9 Å². The van der Waals surface area contributed by atoms with Crippen LogP contribution in [-0.2, 0) is 6.61 Å². The number of rotatable bonds is 6. The van der Waals surface area contributed by atoms with Gasteiger partial charge in [0.25, 0.3) is 5.91 Å². The van der Waals surface area contributed by atoms with Crippen LogP contribution in [0, 0.1) is 5.82 Å². The monoisotopic (exact) mass is 460 g/mol. The van der Waals surface area contributed by atoms with Crippen LogP contribution in [0.5, 0.6) is 11.5 Å². The molecule has 2 aromatic rings. The van der Waals surface area contributed by atoms with Gasteiger partial charge in [0.2, 0.25) is 0 Å². The van der Waals surface area contributed by atoms with Crippen molar-refractivity contribution >= 4 is 50.8 Å². The molecular weight excluding hydrogens is 447 g/mol. The van der Waals surface area contributed by atoms with Crippen LogP contribution in [0.4, 0.5) is 4.39 Å². The van der Waals surface area contributed by atoms with E-state index in [0.717, 1.165) is 0 Å². The van der Waals surface area contributed by atoms with E-state index in [1.165, 1.54) is 24.3 Å². The summed E-state index contributed by atoms with van der Waals surface area (Å²) in [7, 11) is 0. The molecule has 0 radical (unpaired) electrons. The number of hydrogen-bond acceptors (Lipinski definition) is 4. The van der Waals surface area contributed by atoms with Gasteiger partial charge >= 0.3 is 0 Å². The summed E-state index contributed by atoms with van der Waals surface area (Å²) >= 11 is 14.0. The maximum Gasteiger partial charge on any atom is 0.257 e. The van der Waals surface area contributed by atoms with Crippen molar-refractivity contribution in [1.29, 1.82) is 0 Å². The Kier molecular flexibility index (Phi) is 7.19.